The molecule has 3 N–H and O–H groups in total. The van der Waals surface area contributed by atoms with Crippen LogP contribution in [0, 0.1) is 0 Å². The van der Waals surface area contributed by atoms with Gasteiger partial charge in [-0.25, -0.2) is 0 Å². The van der Waals surface area contributed by atoms with Crippen LogP contribution in [0.5, 0.6) is 0 Å². The highest BCUT2D eigenvalue weighted by Crippen LogP contribution is 2.00. The smallest absolute Gasteiger partial charge is 0.224 e. The number of nitrogens with zero attached hydrogens (tertiary/aromatic N) is 1. The summed E-state index contributed by atoms with van der Waals surface area (Å²) in [7, 11) is 0. The third kappa shape index (κ3) is 5.63. The Morgan fingerprint density at radius 1 is 1.58 bits per heavy atom. The Bertz CT molecular complexity index is 406. The van der Waals surface area contributed by atoms with Gasteiger partial charge >= 0.3 is 0 Å². The van der Waals surface area contributed by atoms with Crippen molar-refractivity contribution in [3.05, 3.63) is 42.2 Å². The summed E-state index contributed by atoms with van der Waals surface area (Å²) in [6.07, 6.45) is 6.69. The molecule has 0 aliphatic carbocycles. The Morgan fingerprint density at radius 2 is 2.37 bits per heavy atom. The van der Waals surface area contributed by atoms with Crippen LogP contribution >= 0.6 is 0 Å². The van der Waals surface area contributed by atoms with Crippen LogP contribution in [0.25, 0.3) is 0 Å². The van der Waals surface area contributed by atoms with Gasteiger partial charge in [-0.05, 0) is 18.1 Å². The van der Waals surface area contributed by atoms with Gasteiger partial charge in [0.2, 0.25) is 5.91 Å². The van der Waals surface area contributed by atoms with Crippen molar-refractivity contribution in [2.45, 2.75) is 31.9 Å². The van der Waals surface area contributed by atoms with Gasteiger partial charge < -0.3 is 15.5 Å². The third-order valence-corrected chi connectivity index (χ3v) is 2.61. The fourth-order valence-electron chi connectivity index (χ4n) is 1.59. The number of aliphatic hydroxyl groups is 2. The van der Waals surface area contributed by atoms with E-state index in [1.54, 1.807) is 36.7 Å². The SMILES string of the molecule is CCC=C[C@@H](O)[C@H](CO)NC(=O)Cc1cccnc1. The van der Waals surface area contributed by atoms with Crippen LogP contribution < -0.4 is 5.32 Å². The summed E-state index contributed by atoms with van der Waals surface area (Å²) in [5.74, 6) is -0.254. The van der Waals surface area contributed by atoms with Crippen molar-refractivity contribution < 1.29 is 15.0 Å². The van der Waals surface area contributed by atoms with Crippen LogP contribution in [0.3, 0.4) is 0 Å². The second-order valence-corrected chi connectivity index (χ2v) is 4.22. The molecule has 1 aromatic heterocycles. The summed E-state index contributed by atoms with van der Waals surface area (Å²) < 4.78 is 0. The van der Waals surface area contributed by atoms with E-state index >= 15 is 0 Å². The highest BCUT2D eigenvalue weighted by Gasteiger charge is 2.18. The zero-order valence-corrected chi connectivity index (χ0v) is 11.0. The fourth-order valence-corrected chi connectivity index (χ4v) is 1.59. The van der Waals surface area contributed by atoms with E-state index in [1.165, 1.54) is 0 Å². The molecule has 0 aliphatic heterocycles. The molecule has 0 spiro atoms. The standard InChI is InChI=1S/C14H20N2O3/c1-2-3-6-13(18)12(10-17)16-14(19)8-11-5-4-7-15-9-11/h3-7,9,12-13,17-18H,2,8,10H2,1H3,(H,16,19)/t12-,13+/m0/s1. The van der Waals surface area contributed by atoms with Gasteiger partial charge in [0, 0.05) is 12.4 Å². The molecule has 1 aromatic rings. The van der Waals surface area contributed by atoms with Crippen molar-refractivity contribution in [1.29, 1.82) is 0 Å². The largest absolute Gasteiger partial charge is 0.394 e. The average molecular weight is 264 g/mol. The summed E-state index contributed by atoms with van der Waals surface area (Å²) in [5.41, 5.74) is 0.787. The number of aromatic nitrogens is 1. The van der Waals surface area contributed by atoms with Crippen LogP contribution in [0.1, 0.15) is 18.9 Å². The summed E-state index contributed by atoms with van der Waals surface area (Å²) in [5, 5.41) is 21.6. The maximum absolute atomic E-state index is 11.8. The molecule has 1 amide bonds. The van der Waals surface area contributed by atoms with Crippen molar-refractivity contribution in [1.82, 2.24) is 10.3 Å². The van der Waals surface area contributed by atoms with Gasteiger partial charge in [0.1, 0.15) is 0 Å². The number of hydrogen-bond acceptors (Lipinski definition) is 4. The number of allylic oxidation sites excluding steroid dienone is 1. The number of amides is 1. The van der Waals surface area contributed by atoms with E-state index in [0.717, 1.165) is 12.0 Å². The van der Waals surface area contributed by atoms with Crippen LogP contribution in [-0.2, 0) is 11.2 Å². The number of nitrogens with one attached hydrogen (secondary N) is 1. The predicted molar refractivity (Wildman–Crippen MR) is 72.4 cm³/mol. The molecule has 0 saturated heterocycles. The second-order valence-electron chi connectivity index (χ2n) is 4.22. The lowest BCUT2D eigenvalue weighted by molar-refractivity contribution is -0.122. The maximum Gasteiger partial charge on any atom is 0.224 e. The zero-order chi connectivity index (χ0) is 14.1. The van der Waals surface area contributed by atoms with Gasteiger partial charge in [0.15, 0.2) is 0 Å². The van der Waals surface area contributed by atoms with Gasteiger partial charge in [-0.2, -0.15) is 0 Å². The third-order valence-electron chi connectivity index (χ3n) is 2.61. The van der Waals surface area contributed by atoms with Gasteiger partial charge in [-0.3, -0.25) is 9.78 Å². The summed E-state index contributed by atoms with van der Waals surface area (Å²) in [6, 6.07) is 2.87. The average Bonchev–Trinajstić information content (AvgIpc) is 2.43. The van der Waals surface area contributed by atoms with Crippen molar-refractivity contribution in [2.24, 2.45) is 0 Å². The van der Waals surface area contributed by atoms with Gasteiger partial charge in [0.05, 0.1) is 25.2 Å². The molecular weight excluding hydrogens is 244 g/mol. The molecule has 5 nitrogen and oxygen atoms in total. The molecule has 1 heterocycles. The van der Waals surface area contributed by atoms with E-state index in [0.29, 0.717) is 0 Å². The first-order chi connectivity index (χ1) is 9.17. The highest BCUT2D eigenvalue weighted by atomic mass is 16.3. The van der Waals surface area contributed by atoms with E-state index in [9.17, 15) is 15.0 Å². The second kappa shape index (κ2) is 8.39. The zero-order valence-electron chi connectivity index (χ0n) is 11.0. The minimum Gasteiger partial charge on any atom is -0.394 e. The Labute approximate surface area is 113 Å². The first-order valence-electron chi connectivity index (χ1n) is 6.31. The van der Waals surface area contributed by atoms with E-state index in [-0.39, 0.29) is 18.9 Å². The van der Waals surface area contributed by atoms with Crippen molar-refractivity contribution in [3.8, 4) is 0 Å². The number of carbonyl (C=O) groups excluding carboxylic acids is 1. The molecule has 0 saturated carbocycles. The molecular formula is C14H20N2O3. The lowest BCUT2D eigenvalue weighted by Crippen LogP contribution is -2.45. The number of pyridine rings is 1. The van der Waals surface area contributed by atoms with Crippen LogP contribution in [0.4, 0.5) is 0 Å². The van der Waals surface area contributed by atoms with E-state index in [2.05, 4.69) is 10.3 Å². The maximum atomic E-state index is 11.8. The molecule has 104 valence electrons. The van der Waals surface area contributed by atoms with E-state index in [1.807, 2.05) is 6.92 Å². The predicted octanol–water partition coefficient (Wildman–Crippen LogP) is 0.428. The number of aliphatic hydroxyl groups excluding tert-OH is 2. The van der Waals surface area contributed by atoms with Gasteiger partial charge in [-0.15, -0.1) is 0 Å². The summed E-state index contributed by atoms with van der Waals surface area (Å²) in [6.45, 7) is 1.63. The van der Waals surface area contributed by atoms with Crippen molar-refractivity contribution >= 4 is 5.91 Å². The Kier molecular flexibility index (Phi) is 6.78. The minimum absolute atomic E-state index is 0.175. The van der Waals surface area contributed by atoms with Crippen molar-refractivity contribution in [2.75, 3.05) is 6.61 Å². The van der Waals surface area contributed by atoms with Gasteiger partial charge in [-0.1, -0.05) is 25.1 Å². The first kappa shape index (κ1) is 15.3. The lowest BCUT2D eigenvalue weighted by atomic mass is 10.1. The normalized spacial score (nSPS) is 14.3. The molecule has 19 heavy (non-hydrogen) atoms. The molecule has 0 fully saturated rings. The Morgan fingerprint density at radius 3 is 2.95 bits per heavy atom. The first-order valence-corrected chi connectivity index (χ1v) is 6.31. The molecule has 1 rings (SSSR count). The number of rotatable bonds is 7. The molecule has 0 aliphatic rings. The topological polar surface area (TPSA) is 82.5 Å². The Balaban J connectivity index is 2.51. The Hall–Kier alpha value is -1.72. The molecule has 0 unspecified atom stereocenters. The molecule has 0 aromatic carbocycles. The molecule has 0 radical (unpaired) electrons. The molecule has 0 bridgehead atoms. The van der Waals surface area contributed by atoms with Crippen LogP contribution in [0.2, 0.25) is 0 Å². The van der Waals surface area contributed by atoms with Crippen LogP contribution in [-0.4, -0.2) is 39.9 Å². The number of hydrogen-bond donors (Lipinski definition) is 3. The molecule has 2 atom stereocenters. The fraction of sp³-hybridized carbons (Fsp3) is 0.429. The van der Waals surface area contributed by atoms with E-state index in [4.69, 9.17) is 0 Å². The molecule has 5 heteroatoms. The highest BCUT2D eigenvalue weighted by molar-refractivity contribution is 5.78. The van der Waals surface area contributed by atoms with Gasteiger partial charge in [0.25, 0.3) is 0 Å². The van der Waals surface area contributed by atoms with E-state index < -0.39 is 12.1 Å². The van der Waals surface area contributed by atoms with Crippen molar-refractivity contribution in [3.63, 3.8) is 0 Å². The quantitative estimate of drug-likeness (QED) is 0.624. The minimum atomic E-state index is -0.886. The monoisotopic (exact) mass is 264 g/mol. The lowest BCUT2D eigenvalue weighted by Gasteiger charge is -2.19. The summed E-state index contributed by atoms with van der Waals surface area (Å²) in [4.78, 5) is 15.7. The van der Waals surface area contributed by atoms with Crippen LogP contribution in [0.15, 0.2) is 36.7 Å². The summed E-state index contributed by atoms with van der Waals surface area (Å²) >= 11 is 0. The number of carbonyl (C=O) groups is 1.